The summed E-state index contributed by atoms with van der Waals surface area (Å²) in [4.78, 5) is 16.1. The summed E-state index contributed by atoms with van der Waals surface area (Å²) in [5.41, 5.74) is 1.32. The Morgan fingerprint density at radius 3 is 2.29 bits per heavy atom. The maximum absolute atomic E-state index is 13.8. The number of anilines is 1. The summed E-state index contributed by atoms with van der Waals surface area (Å²) in [6.45, 7) is 2.26. The normalized spacial score (nSPS) is 16.1. The molecule has 1 atom stereocenters. The van der Waals surface area contributed by atoms with Crippen molar-refractivity contribution in [2.45, 2.75) is 12.5 Å². The van der Waals surface area contributed by atoms with E-state index >= 15 is 0 Å². The highest BCUT2D eigenvalue weighted by Crippen LogP contribution is 2.22. The first-order valence-corrected chi connectivity index (χ1v) is 8.15. The summed E-state index contributed by atoms with van der Waals surface area (Å²) in [7, 11) is 0. The average Bonchev–Trinajstić information content (AvgIpc) is 2.63. The Balaban J connectivity index is 1.55. The van der Waals surface area contributed by atoms with Crippen LogP contribution < -0.4 is 4.90 Å². The third-order valence-electron chi connectivity index (χ3n) is 4.38. The Labute approximate surface area is 141 Å². The quantitative estimate of drug-likeness (QED) is 0.938. The number of carbonyl (C=O) groups excluding carboxylic acids is 1. The molecule has 0 bridgehead atoms. The second-order valence-electron chi connectivity index (χ2n) is 5.95. The Hall–Kier alpha value is -2.40. The number of amides is 1. The lowest BCUT2D eigenvalue weighted by molar-refractivity contribution is -0.133. The molecule has 0 saturated carbocycles. The standard InChI is InChI=1S/C19H21FN2O2/c20-16-8-4-5-9-17(16)21-10-12-22(13-11-21)19(24)14-18(23)15-6-2-1-3-7-15/h1-9,18,23H,10-14H2. The lowest BCUT2D eigenvalue weighted by Crippen LogP contribution is -2.49. The molecule has 1 saturated heterocycles. The number of nitrogens with zero attached hydrogens (tertiary/aromatic N) is 2. The van der Waals surface area contributed by atoms with Gasteiger partial charge in [-0.2, -0.15) is 0 Å². The molecule has 1 aliphatic heterocycles. The lowest BCUT2D eigenvalue weighted by Gasteiger charge is -2.36. The third kappa shape index (κ3) is 3.74. The molecule has 3 rings (SSSR count). The minimum atomic E-state index is -0.789. The predicted octanol–water partition coefficient (Wildman–Crippen LogP) is 2.60. The summed E-state index contributed by atoms with van der Waals surface area (Å²) >= 11 is 0. The molecule has 1 N–H and O–H groups in total. The van der Waals surface area contributed by atoms with Crippen LogP contribution in [0.1, 0.15) is 18.1 Å². The van der Waals surface area contributed by atoms with Crippen LogP contribution in [-0.2, 0) is 4.79 Å². The Morgan fingerprint density at radius 2 is 1.62 bits per heavy atom. The largest absolute Gasteiger partial charge is 0.388 e. The molecule has 1 fully saturated rings. The number of aliphatic hydroxyl groups is 1. The van der Waals surface area contributed by atoms with Gasteiger partial charge in [-0.05, 0) is 17.7 Å². The highest BCUT2D eigenvalue weighted by Gasteiger charge is 2.24. The number of carbonyl (C=O) groups is 1. The van der Waals surface area contributed by atoms with Crippen molar-refractivity contribution in [1.82, 2.24) is 4.90 Å². The van der Waals surface area contributed by atoms with Crippen LogP contribution in [0, 0.1) is 5.82 Å². The molecule has 4 nitrogen and oxygen atoms in total. The Morgan fingerprint density at radius 1 is 1.00 bits per heavy atom. The van der Waals surface area contributed by atoms with Gasteiger partial charge in [-0.3, -0.25) is 4.79 Å². The number of piperazine rings is 1. The van der Waals surface area contributed by atoms with E-state index in [1.54, 1.807) is 17.0 Å². The Kier molecular flexibility index (Phi) is 5.11. The maximum Gasteiger partial charge on any atom is 0.225 e. The molecule has 5 heteroatoms. The van der Waals surface area contributed by atoms with Crippen molar-refractivity contribution in [3.8, 4) is 0 Å². The molecule has 126 valence electrons. The molecular formula is C19H21FN2O2. The fraction of sp³-hybridized carbons (Fsp3) is 0.316. The molecule has 1 heterocycles. The van der Waals surface area contributed by atoms with Gasteiger partial charge in [0.15, 0.2) is 0 Å². The molecular weight excluding hydrogens is 307 g/mol. The van der Waals surface area contributed by atoms with Crippen molar-refractivity contribution in [3.05, 3.63) is 66.0 Å². The van der Waals surface area contributed by atoms with Crippen LogP contribution >= 0.6 is 0 Å². The van der Waals surface area contributed by atoms with Crippen molar-refractivity contribution in [2.75, 3.05) is 31.1 Å². The van der Waals surface area contributed by atoms with E-state index in [4.69, 9.17) is 0 Å². The molecule has 2 aromatic carbocycles. The van der Waals surface area contributed by atoms with Gasteiger partial charge < -0.3 is 14.9 Å². The van der Waals surface area contributed by atoms with Gasteiger partial charge in [0.05, 0.1) is 18.2 Å². The maximum atomic E-state index is 13.8. The van der Waals surface area contributed by atoms with Crippen molar-refractivity contribution >= 4 is 11.6 Å². The molecule has 1 unspecified atom stereocenters. The summed E-state index contributed by atoms with van der Waals surface area (Å²) < 4.78 is 13.8. The van der Waals surface area contributed by atoms with Crippen molar-refractivity contribution in [1.29, 1.82) is 0 Å². The first-order valence-electron chi connectivity index (χ1n) is 8.15. The number of benzene rings is 2. The zero-order chi connectivity index (χ0) is 16.9. The van der Waals surface area contributed by atoms with E-state index < -0.39 is 6.10 Å². The van der Waals surface area contributed by atoms with Crippen LogP contribution in [0.5, 0.6) is 0 Å². The van der Waals surface area contributed by atoms with Crippen LogP contribution in [0.15, 0.2) is 54.6 Å². The molecule has 0 aromatic heterocycles. The number of hydrogen-bond donors (Lipinski definition) is 1. The van der Waals surface area contributed by atoms with Gasteiger partial charge >= 0.3 is 0 Å². The number of halogens is 1. The fourth-order valence-corrected chi connectivity index (χ4v) is 2.99. The first kappa shape index (κ1) is 16.5. The molecule has 0 radical (unpaired) electrons. The smallest absolute Gasteiger partial charge is 0.225 e. The lowest BCUT2D eigenvalue weighted by atomic mass is 10.1. The molecule has 1 amide bonds. The zero-order valence-electron chi connectivity index (χ0n) is 13.4. The minimum absolute atomic E-state index is 0.0699. The Bertz CT molecular complexity index is 685. The van der Waals surface area contributed by atoms with Gasteiger partial charge in [0.2, 0.25) is 5.91 Å². The third-order valence-corrected chi connectivity index (χ3v) is 4.38. The second-order valence-corrected chi connectivity index (χ2v) is 5.95. The summed E-state index contributed by atoms with van der Waals surface area (Å²) in [6.07, 6.45) is -0.715. The van der Waals surface area contributed by atoms with E-state index in [2.05, 4.69) is 0 Å². The predicted molar refractivity (Wildman–Crippen MR) is 91.2 cm³/mol. The summed E-state index contributed by atoms with van der Waals surface area (Å²) in [6, 6.07) is 15.9. The summed E-state index contributed by atoms with van der Waals surface area (Å²) in [5.74, 6) is -0.309. The van der Waals surface area contributed by atoms with Gasteiger partial charge in [-0.15, -0.1) is 0 Å². The fourth-order valence-electron chi connectivity index (χ4n) is 2.99. The highest BCUT2D eigenvalue weighted by atomic mass is 19.1. The van der Waals surface area contributed by atoms with E-state index in [1.807, 2.05) is 41.3 Å². The van der Waals surface area contributed by atoms with Crippen LogP contribution in [0.25, 0.3) is 0 Å². The first-order chi connectivity index (χ1) is 11.6. The van der Waals surface area contributed by atoms with E-state index in [9.17, 15) is 14.3 Å². The van der Waals surface area contributed by atoms with Gasteiger partial charge in [0.1, 0.15) is 5.82 Å². The minimum Gasteiger partial charge on any atom is -0.388 e. The second kappa shape index (κ2) is 7.45. The van der Waals surface area contributed by atoms with Crippen LogP contribution in [0.4, 0.5) is 10.1 Å². The average molecular weight is 328 g/mol. The van der Waals surface area contributed by atoms with Crippen molar-refractivity contribution in [3.63, 3.8) is 0 Å². The highest BCUT2D eigenvalue weighted by molar-refractivity contribution is 5.77. The van der Waals surface area contributed by atoms with Crippen LogP contribution in [0.3, 0.4) is 0 Å². The topological polar surface area (TPSA) is 43.8 Å². The van der Waals surface area contributed by atoms with Crippen molar-refractivity contribution in [2.24, 2.45) is 0 Å². The number of rotatable bonds is 4. The monoisotopic (exact) mass is 328 g/mol. The number of hydrogen-bond acceptors (Lipinski definition) is 3. The molecule has 1 aliphatic rings. The van der Waals surface area contributed by atoms with E-state index in [1.165, 1.54) is 6.07 Å². The zero-order valence-corrected chi connectivity index (χ0v) is 13.4. The van der Waals surface area contributed by atoms with Crippen LogP contribution in [0.2, 0.25) is 0 Å². The van der Waals surface area contributed by atoms with E-state index in [0.717, 1.165) is 5.56 Å². The van der Waals surface area contributed by atoms with E-state index in [0.29, 0.717) is 31.9 Å². The molecule has 24 heavy (non-hydrogen) atoms. The van der Waals surface area contributed by atoms with Crippen LogP contribution in [-0.4, -0.2) is 42.1 Å². The number of aliphatic hydroxyl groups excluding tert-OH is 1. The van der Waals surface area contributed by atoms with Gasteiger partial charge in [0, 0.05) is 26.2 Å². The molecule has 2 aromatic rings. The summed E-state index contributed by atoms with van der Waals surface area (Å²) in [5, 5.41) is 10.2. The molecule has 0 aliphatic carbocycles. The number of para-hydroxylation sites is 1. The van der Waals surface area contributed by atoms with Crippen molar-refractivity contribution < 1.29 is 14.3 Å². The van der Waals surface area contributed by atoms with Gasteiger partial charge in [-0.1, -0.05) is 42.5 Å². The molecule has 0 spiro atoms. The SMILES string of the molecule is O=C(CC(O)c1ccccc1)N1CCN(c2ccccc2F)CC1. The van der Waals surface area contributed by atoms with Gasteiger partial charge in [-0.25, -0.2) is 4.39 Å². The van der Waals surface area contributed by atoms with Gasteiger partial charge in [0.25, 0.3) is 0 Å². The van der Waals surface area contributed by atoms with E-state index in [-0.39, 0.29) is 18.1 Å².